The molecule has 5 aliphatic rings. The molecule has 388 valence electrons. The van der Waals surface area contributed by atoms with Crippen LogP contribution in [0.3, 0.4) is 0 Å². The van der Waals surface area contributed by atoms with Gasteiger partial charge in [0.2, 0.25) is 17.7 Å². The number of amides is 6. The molecule has 0 radical (unpaired) electrons. The average Bonchev–Trinajstić information content (AvgIpc) is 3.94. The fourth-order valence-electron chi connectivity index (χ4n) is 11.6. The van der Waals surface area contributed by atoms with Crippen LogP contribution in [0.2, 0.25) is 5.02 Å². The van der Waals surface area contributed by atoms with Gasteiger partial charge in [0.1, 0.15) is 12.4 Å². The molecule has 6 amide bonds. The molecule has 0 spiro atoms. The molecule has 1 unspecified atom stereocenters. The first-order chi connectivity index (χ1) is 35.4. The summed E-state index contributed by atoms with van der Waals surface area (Å²) in [6.45, 7) is 4.62. The van der Waals surface area contributed by atoms with Crippen LogP contribution in [0.15, 0.2) is 78.9 Å². The lowest BCUT2D eigenvalue weighted by atomic mass is 9.82. The van der Waals surface area contributed by atoms with E-state index in [1.54, 1.807) is 24.3 Å². The van der Waals surface area contributed by atoms with Gasteiger partial charge in [-0.25, -0.2) is 9.18 Å². The van der Waals surface area contributed by atoms with Gasteiger partial charge < -0.3 is 35.1 Å². The number of imide groups is 1. The van der Waals surface area contributed by atoms with Crippen LogP contribution in [0.5, 0.6) is 11.5 Å². The first kappa shape index (κ1) is 51.9. The molecule has 9 rings (SSSR count). The number of nitrogens with two attached hydrogens (primary N) is 1. The smallest absolute Gasteiger partial charge is 0.328 e. The van der Waals surface area contributed by atoms with E-state index < -0.39 is 17.8 Å². The van der Waals surface area contributed by atoms with Gasteiger partial charge in [0, 0.05) is 91.9 Å². The minimum Gasteiger partial charge on any atom is -0.495 e. The lowest BCUT2D eigenvalue weighted by Crippen LogP contribution is -2.49. The average molecular weight is 1020 g/mol. The highest BCUT2D eigenvalue weighted by molar-refractivity contribution is 6.33. The summed E-state index contributed by atoms with van der Waals surface area (Å²) < 4.78 is 33.5. The van der Waals surface area contributed by atoms with Crippen LogP contribution in [0.1, 0.15) is 121 Å². The van der Waals surface area contributed by atoms with Crippen molar-refractivity contribution in [2.45, 2.75) is 102 Å². The topological polar surface area (TPSA) is 173 Å². The number of urea groups is 1. The zero-order chi connectivity index (χ0) is 51.0. The van der Waals surface area contributed by atoms with Gasteiger partial charge in [-0.1, -0.05) is 60.8 Å². The predicted molar refractivity (Wildman–Crippen MR) is 278 cm³/mol. The summed E-state index contributed by atoms with van der Waals surface area (Å²) in [5.41, 5.74) is 9.13. The molecule has 14 nitrogen and oxygen atoms in total. The second-order valence-electron chi connectivity index (χ2n) is 20.5. The van der Waals surface area contributed by atoms with E-state index in [1.165, 1.54) is 24.1 Å². The van der Waals surface area contributed by atoms with Gasteiger partial charge in [0.15, 0.2) is 11.6 Å². The molecule has 4 aromatic carbocycles. The molecule has 4 saturated heterocycles. The number of hydrogen-bond donors (Lipinski definition) is 3. The molecule has 4 heterocycles. The molecule has 1 saturated carbocycles. The second kappa shape index (κ2) is 23.9. The predicted octanol–water partition coefficient (Wildman–Crippen LogP) is 9.11. The number of rotatable bonds is 17. The lowest BCUT2D eigenvalue weighted by molar-refractivity contribution is -0.138. The van der Waals surface area contributed by atoms with Crippen LogP contribution < -0.4 is 30.7 Å². The van der Waals surface area contributed by atoms with E-state index in [1.807, 2.05) is 35.2 Å². The number of methoxy groups -OCH3 is 1. The van der Waals surface area contributed by atoms with Crippen molar-refractivity contribution >= 4 is 46.9 Å². The molecule has 5 fully saturated rings. The van der Waals surface area contributed by atoms with Crippen molar-refractivity contribution in [3.05, 3.63) is 112 Å². The van der Waals surface area contributed by atoms with Gasteiger partial charge in [-0.3, -0.25) is 29.4 Å². The summed E-state index contributed by atoms with van der Waals surface area (Å²) in [7, 11) is 1.52. The summed E-state index contributed by atoms with van der Waals surface area (Å²) in [5.74, 6) is -0.0816. The maximum atomic E-state index is 16.4. The van der Waals surface area contributed by atoms with Crippen LogP contribution >= 0.6 is 11.6 Å². The molecule has 4 aromatic rings. The number of likely N-dealkylation sites (tertiary alicyclic amines) is 2. The van der Waals surface area contributed by atoms with Crippen LogP contribution in [0.4, 0.5) is 14.9 Å². The van der Waals surface area contributed by atoms with Crippen LogP contribution in [-0.2, 0) is 14.3 Å². The molecule has 4 aliphatic heterocycles. The van der Waals surface area contributed by atoms with E-state index >= 15 is 4.39 Å². The maximum absolute atomic E-state index is 16.4. The number of nitrogens with one attached hydrogen (secondary N) is 2. The number of primary amides is 1. The molecular formula is C57H68ClFN6O8. The molecule has 4 N–H and O–H groups in total. The Hall–Kier alpha value is -6.03. The van der Waals surface area contributed by atoms with Crippen LogP contribution in [-0.4, -0.2) is 111 Å². The van der Waals surface area contributed by atoms with Crippen molar-refractivity contribution < 1.29 is 42.6 Å². The van der Waals surface area contributed by atoms with Crippen molar-refractivity contribution in [1.29, 1.82) is 0 Å². The van der Waals surface area contributed by atoms with Crippen molar-refractivity contribution in [3.63, 3.8) is 0 Å². The van der Waals surface area contributed by atoms with E-state index in [9.17, 15) is 24.0 Å². The van der Waals surface area contributed by atoms with Gasteiger partial charge in [-0.05, 0) is 130 Å². The van der Waals surface area contributed by atoms with E-state index in [-0.39, 0.29) is 83.2 Å². The van der Waals surface area contributed by atoms with Gasteiger partial charge in [0.05, 0.1) is 24.5 Å². The standard InChI is InChI=1S/C57H68ClFN6O8/c1-71-49-19-14-41(33-48(49)65-30-25-51(66)62-57(65)70)56(69)64-28-23-37(24-29-64)10-9-36-21-26-63(27-22-36)55(68)39-11-15-42(16-12-39)61-34-46(38-6-3-2-4-7-38)40-13-18-47(58)45(32-40)52-44(54(60)67)17-20-50(53(52)59)73-35-43-8-5-31-72-43/h2-4,6-7,13-14,17-20,32-33,36-37,39,42-43,46,61H,5,8-12,15-16,21-31,34-35H2,1H3,(H2,60,67)(H,62,66,70)/t39?,42?,43-,46?/m0/s1. The Balaban J connectivity index is 0.736. The highest BCUT2D eigenvalue weighted by Gasteiger charge is 2.34. The SMILES string of the molecule is COc1ccc(C(=O)N2CCC(CCC3CCN(C(=O)C4CCC(NCC(c5ccccc5)c5ccc(Cl)c(-c6c(C(N)=O)ccc(OC[C@@H]7CCCO7)c6F)c5)CC4)CC3)CC2)cc1N1CCC(=O)NC1=O. The summed E-state index contributed by atoms with van der Waals surface area (Å²) in [6, 6.07) is 23.4. The van der Waals surface area contributed by atoms with Gasteiger partial charge in [0.25, 0.3) is 5.91 Å². The fraction of sp³-hybridized carbons (Fsp3) is 0.491. The van der Waals surface area contributed by atoms with E-state index in [0.29, 0.717) is 60.6 Å². The fourth-order valence-corrected chi connectivity index (χ4v) is 11.8. The Morgan fingerprint density at radius 1 is 0.822 bits per heavy atom. The highest BCUT2D eigenvalue weighted by Crippen LogP contribution is 2.40. The summed E-state index contributed by atoms with van der Waals surface area (Å²) >= 11 is 6.81. The quantitative estimate of drug-likeness (QED) is 0.0933. The number of ether oxygens (including phenoxy) is 3. The third-order valence-corrected chi connectivity index (χ3v) is 16.3. The Kier molecular flexibility index (Phi) is 17.0. The Labute approximate surface area is 432 Å². The summed E-state index contributed by atoms with van der Waals surface area (Å²) in [6.07, 6.45) is 11.4. The number of piperidine rings is 2. The number of carbonyl (C=O) groups is 5. The minimum absolute atomic E-state index is 0.00549. The molecular weight excluding hydrogens is 951 g/mol. The number of hydrogen-bond acceptors (Lipinski definition) is 9. The zero-order valence-electron chi connectivity index (χ0n) is 41.8. The van der Waals surface area contributed by atoms with Gasteiger partial charge in [-0.15, -0.1) is 0 Å². The zero-order valence-corrected chi connectivity index (χ0v) is 42.5. The normalized spacial score (nSPS) is 21.5. The molecule has 1 aliphatic carbocycles. The van der Waals surface area contributed by atoms with Gasteiger partial charge in [-0.2, -0.15) is 0 Å². The monoisotopic (exact) mass is 1020 g/mol. The Bertz CT molecular complexity index is 2630. The maximum Gasteiger partial charge on any atom is 0.328 e. The third kappa shape index (κ3) is 12.3. The number of anilines is 1. The third-order valence-electron chi connectivity index (χ3n) is 16.0. The van der Waals surface area contributed by atoms with Crippen molar-refractivity contribution in [2.75, 3.05) is 64.5 Å². The number of halogens is 2. The van der Waals surface area contributed by atoms with Crippen LogP contribution in [0.25, 0.3) is 11.1 Å². The van der Waals surface area contributed by atoms with E-state index in [2.05, 4.69) is 27.7 Å². The molecule has 73 heavy (non-hydrogen) atoms. The number of benzene rings is 4. The first-order valence-corrected chi connectivity index (χ1v) is 26.6. The Morgan fingerprint density at radius 3 is 2.18 bits per heavy atom. The number of nitrogens with zero attached hydrogens (tertiary/aromatic N) is 3. The lowest BCUT2D eigenvalue weighted by Gasteiger charge is -2.37. The highest BCUT2D eigenvalue weighted by atomic mass is 35.5. The summed E-state index contributed by atoms with van der Waals surface area (Å²) in [5, 5.41) is 6.45. The van der Waals surface area contributed by atoms with E-state index in [0.717, 1.165) is 101 Å². The molecule has 0 bridgehead atoms. The Morgan fingerprint density at radius 2 is 1.52 bits per heavy atom. The van der Waals surface area contributed by atoms with E-state index in [4.69, 9.17) is 31.5 Å². The minimum atomic E-state index is -0.769. The molecule has 16 heteroatoms. The largest absolute Gasteiger partial charge is 0.495 e. The molecule has 2 atom stereocenters. The number of carbonyl (C=O) groups excluding carboxylic acids is 5. The van der Waals surface area contributed by atoms with Crippen molar-refractivity contribution in [3.8, 4) is 22.6 Å². The van der Waals surface area contributed by atoms with Crippen molar-refractivity contribution in [1.82, 2.24) is 20.4 Å². The van der Waals surface area contributed by atoms with Crippen LogP contribution in [0, 0.1) is 23.6 Å². The summed E-state index contributed by atoms with van der Waals surface area (Å²) in [4.78, 5) is 70.0. The molecule has 0 aromatic heterocycles. The first-order valence-electron chi connectivity index (χ1n) is 26.3. The van der Waals surface area contributed by atoms with Gasteiger partial charge >= 0.3 is 6.03 Å². The second-order valence-corrected chi connectivity index (χ2v) is 20.9. The van der Waals surface area contributed by atoms with Crippen molar-refractivity contribution in [2.24, 2.45) is 23.5 Å².